The zero-order valence-electron chi connectivity index (χ0n) is 17.9. The van der Waals surface area contributed by atoms with Crippen LogP contribution in [0.2, 0.25) is 5.02 Å². The fourth-order valence-corrected chi connectivity index (χ4v) is 4.46. The summed E-state index contributed by atoms with van der Waals surface area (Å²) < 4.78 is 10.6. The van der Waals surface area contributed by atoms with Gasteiger partial charge in [-0.3, -0.25) is 9.69 Å². The molecule has 0 aliphatic carbocycles. The number of hydrogen-bond acceptors (Lipinski definition) is 7. The number of ether oxygens (including phenoxy) is 1. The lowest BCUT2D eigenvalue weighted by Gasteiger charge is -2.33. The van der Waals surface area contributed by atoms with Crippen LogP contribution in [0.4, 0.5) is 0 Å². The molecule has 1 aliphatic rings. The Morgan fingerprint density at radius 1 is 1.09 bits per heavy atom. The first-order valence-electron chi connectivity index (χ1n) is 10.4. The van der Waals surface area contributed by atoms with E-state index in [2.05, 4.69) is 15.0 Å². The van der Waals surface area contributed by atoms with Gasteiger partial charge in [0.05, 0.1) is 19.4 Å². The van der Waals surface area contributed by atoms with E-state index < -0.39 is 0 Å². The van der Waals surface area contributed by atoms with E-state index >= 15 is 0 Å². The molecule has 0 spiro atoms. The van der Waals surface area contributed by atoms with Crippen molar-refractivity contribution in [1.29, 1.82) is 0 Å². The number of thioether (sulfide) groups is 1. The minimum atomic E-state index is 0.184. The van der Waals surface area contributed by atoms with Crippen molar-refractivity contribution in [2.75, 3.05) is 39.0 Å². The fourth-order valence-electron chi connectivity index (χ4n) is 3.45. The summed E-state index contributed by atoms with van der Waals surface area (Å²) in [7, 11) is 1.63. The molecular weight excluding hydrogens is 448 g/mol. The van der Waals surface area contributed by atoms with Crippen molar-refractivity contribution in [3.05, 3.63) is 65.0 Å². The first-order chi connectivity index (χ1) is 15.6. The summed E-state index contributed by atoms with van der Waals surface area (Å²) in [5.41, 5.74) is 2.05. The second-order valence-electron chi connectivity index (χ2n) is 7.52. The standard InChI is InChI=1S/C23H25ClN4O3S/c1-30-20-8-4-18(5-9-20)23-25-21(31-26-23)14-27-10-12-28(13-11-27)22(29)16-32-15-17-2-6-19(24)7-3-17/h2-9H,10-16H2,1H3. The van der Waals surface area contributed by atoms with Gasteiger partial charge in [0.1, 0.15) is 5.75 Å². The maximum absolute atomic E-state index is 12.5. The minimum Gasteiger partial charge on any atom is -0.497 e. The Morgan fingerprint density at radius 2 is 1.81 bits per heavy atom. The number of rotatable bonds is 8. The molecule has 0 N–H and O–H groups in total. The molecule has 168 valence electrons. The molecule has 2 aromatic carbocycles. The van der Waals surface area contributed by atoms with E-state index in [1.807, 2.05) is 53.4 Å². The van der Waals surface area contributed by atoms with Gasteiger partial charge < -0.3 is 14.2 Å². The lowest BCUT2D eigenvalue weighted by atomic mass is 10.2. The molecule has 1 amide bonds. The molecular formula is C23H25ClN4O3S. The number of methoxy groups -OCH3 is 1. The first-order valence-corrected chi connectivity index (χ1v) is 11.9. The zero-order valence-corrected chi connectivity index (χ0v) is 19.4. The van der Waals surface area contributed by atoms with Gasteiger partial charge in [0.15, 0.2) is 0 Å². The summed E-state index contributed by atoms with van der Waals surface area (Å²) in [6.07, 6.45) is 0. The van der Waals surface area contributed by atoms with Crippen LogP contribution in [-0.4, -0.2) is 64.9 Å². The number of benzene rings is 2. The summed E-state index contributed by atoms with van der Waals surface area (Å²) in [5.74, 6) is 3.40. The van der Waals surface area contributed by atoms with Crippen LogP contribution in [0, 0.1) is 0 Å². The van der Waals surface area contributed by atoms with Crippen molar-refractivity contribution in [1.82, 2.24) is 19.9 Å². The van der Waals surface area contributed by atoms with Crippen molar-refractivity contribution in [2.24, 2.45) is 0 Å². The van der Waals surface area contributed by atoms with E-state index in [4.69, 9.17) is 20.9 Å². The maximum Gasteiger partial charge on any atom is 0.241 e. The molecule has 0 saturated carbocycles. The Hall–Kier alpha value is -2.55. The second kappa shape index (κ2) is 10.8. The third-order valence-electron chi connectivity index (χ3n) is 5.31. The van der Waals surface area contributed by atoms with Gasteiger partial charge in [-0.2, -0.15) is 4.98 Å². The molecule has 0 radical (unpaired) electrons. The van der Waals surface area contributed by atoms with Gasteiger partial charge >= 0.3 is 0 Å². The van der Waals surface area contributed by atoms with E-state index in [1.165, 1.54) is 5.56 Å². The van der Waals surface area contributed by atoms with Gasteiger partial charge in [0, 0.05) is 42.5 Å². The average Bonchev–Trinajstić information content (AvgIpc) is 3.29. The zero-order chi connectivity index (χ0) is 22.3. The van der Waals surface area contributed by atoms with Crippen molar-refractivity contribution >= 4 is 29.3 Å². The van der Waals surface area contributed by atoms with Gasteiger partial charge in [-0.15, -0.1) is 11.8 Å². The number of piperazine rings is 1. The molecule has 0 unspecified atom stereocenters. The molecule has 2 heterocycles. The number of hydrogen-bond donors (Lipinski definition) is 0. The van der Waals surface area contributed by atoms with Gasteiger partial charge in [-0.1, -0.05) is 28.9 Å². The van der Waals surface area contributed by atoms with E-state index in [0.717, 1.165) is 35.2 Å². The Balaban J connectivity index is 1.20. The van der Waals surface area contributed by atoms with Crippen molar-refractivity contribution in [2.45, 2.75) is 12.3 Å². The molecule has 1 fully saturated rings. The monoisotopic (exact) mass is 472 g/mol. The molecule has 32 heavy (non-hydrogen) atoms. The summed E-state index contributed by atoms with van der Waals surface area (Å²) >= 11 is 7.54. The van der Waals surface area contributed by atoms with Crippen LogP contribution in [0.5, 0.6) is 5.75 Å². The predicted molar refractivity (Wildman–Crippen MR) is 126 cm³/mol. The van der Waals surface area contributed by atoms with Crippen molar-refractivity contribution in [3.8, 4) is 17.1 Å². The lowest BCUT2D eigenvalue weighted by molar-refractivity contribution is -0.130. The topological polar surface area (TPSA) is 71.7 Å². The predicted octanol–water partition coefficient (Wildman–Crippen LogP) is 3.98. The van der Waals surface area contributed by atoms with Crippen molar-refractivity contribution < 1.29 is 14.1 Å². The molecule has 1 aliphatic heterocycles. The van der Waals surface area contributed by atoms with Crippen LogP contribution in [0.3, 0.4) is 0 Å². The molecule has 9 heteroatoms. The van der Waals surface area contributed by atoms with Gasteiger partial charge in [-0.05, 0) is 42.0 Å². The van der Waals surface area contributed by atoms with Crippen LogP contribution in [0.25, 0.3) is 11.4 Å². The average molecular weight is 473 g/mol. The molecule has 1 aromatic heterocycles. The lowest BCUT2D eigenvalue weighted by Crippen LogP contribution is -2.48. The second-order valence-corrected chi connectivity index (χ2v) is 8.94. The summed E-state index contributed by atoms with van der Waals surface area (Å²) in [6, 6.07) is 15.3. The smallest absolute Gasteiger partial charge is 0.241 e. The fraction of sp³-hybridized carbons (Fsp3) is 0.348. The number of aromatic nitrogens is 2. The van der Waals surface area contributed by atoms with E-state index in [1.54, 1.807) is 18.9 Å². The number of amides is 1. The van der Waals surface area contributed by atoms with Crippen LogP contribution < -0.4 is 4.74 Å². The molecule has 0 atom stereocenters. The van der Waals surface area contributed by atoms with Gasteiger partial charge in [-0.25, -0.2) is 0 Å². The minimum absolute atomic E-state index is 0.184. The number of carbonyl (C=O) groups is 1. The highest BCUT2D eigenvalue weighted by atomic mass is 35.5. The number of nitrogens with zero attached hydrogens (tertiary/aromatic N) is 4. The largest absolute Gasteiger partial charge is 0.497 e. The van der Waals surface area contributed by atoms with Crippen molar-refractivity contribution in [3.63, 3.8) is 0 Å². The maximum atomic E-state index is 12.5. The molecule has 4 rings (SSSR count). The van der Waals surface area contributed by atoms with Crippen LogP contribution in [-0.2, 0) is 17.1 Å². The third kappa shape index (κ3) is 6.03. The third-order valence-corrected chi connectivity index (χ3v) is 6.55. The summed E-state index contributed by atoms with van der Waals surface area (Å²) in [6.45, 7) is 3.57. The molecule has 3 aromatic rings. The number of halogens is 1. The molecule has 1 saturated heterocycles. The molecule has 0 bridgehead atoms. The Labute approximate surface area is 196 Å². The highest BCUT2D eigenvalue weighted by molar-refractivity contribution is 7.99. The normalized spacial score (nSPS) is 14.5. The van der Waals surface area contributed by atoms with E-state index in [9.17, 15) is 4.79 Å². The SMILES string of the molecule is COc1ccc(-c2noc(CN3CCN(C(=O)CSCc4ccc(Cl)cc4)CC3)n2)cc1. The number of carbonyl (C=O) groups excluding carboxylic acids is 1. The summed E-state index contributed by atoms with van der Waals surface area (Å²) in [4.78, 5) is 21.2. The Bertz CT molecular complexity index is 1020. The Kier molecular flexibility index (Phi) is 7.68. The van der Waals surface area contributed by atoms with Gasteiger partial charge in [0.2, 0.25) is 17.6 Å². The molecule has 7 nitrogen and oxygen atoms in total. The van der Waals surface area contributed by atoms with Gasteiger partial charge in [0.25, 0.3) is 0 Å². The Morgan fingerprint density at radius 3 is 2.50 bits per heavy atom. The summed E-state index contributed by atoms with van der Waals surface area (Å²) in [5, 5.41) is 4.81. The van der Waals surface area contributed by atoms with E-state index in [-0.39, 0.29) is 5.91 Å². The highest BCUT2D eigenvalue weighted by Crippen LogP contribution is 2.21. The highest BCUT2D eigenvalue weighted by Gasteiger charge is 2.22. The van der Waals surface area contributed by atoms with Crippen LogP contribution >= 0.6 is 23.4 Å². The van der Waals surface area contributed by atoms with Crippen LogP contribution in [0.1, 0.15) is 11.5 Å². The van der Waals surface area contributed by atoms with Crippen LogP contribution in [0.15, 0.2) is 53.1 Å². The van der Waals surface area contributed by atoms with E-state index in [0.29, 0.717) is 37.1 Å². The first kappa shape index (κ1) is 22.6. The quantitative estimate of drug-likeness (QED) is 0.491.